The topological polar surface area (TPSA) is 48.1 Å². The van der Waals surface area contributed by atoms with E-state index < -0.39 is 0 Å². The number of unbranched alkanes of at least 4 members (excludes halogenated alkanes) is 1. The number of fused-ring (bicyclic) bond motifs is 1. The van der Waals surface area contributed by atoms with Crippen LogP contribution in [0.1, 0.15) is 62.8 Å². The molecule has 1 aromatic rings. The number of hydrogen-bond donors (Lipinski definition) is 1. The first-order valence-electron chi connectivity index (χ1n) is 8.11. The summed E-state index contributed by atoms with van der Waals surface area (Å²) in [5.74, 6) is 1.22. The van der Waals surface area contributed by atoms with Gasteiger partial charge in [0.1, 0.15) is 4.99 Å². The third kappa shape index (κ3) is 4.16. The van der Waals surface area contributed by atoms with Crippen molar-refractivity contribution in [1.82, 2.24) is 4.98 Å². The Hall–Kier alpha value is -1.16. The van der Waals surface area contributed by atoms with Crippen LogP contribution in [0, 0.1) is 5.92 Å². The molecule has 0 amide bonds. The van der Waals surface area contributed by atoms with E-state index >= 15 is 0 Å². The predicted octanol–water partition coefficient (Wildman–Crippen LogP) is 3.80. The number of rotatable bonds is 8. The maximum atomic E-state index is 6.00. The van der Waals surface area contributed by atoms with Crippen molar-refractivity contribution in [3.05, 3.63) is 22.9 Å². The highest BCUT2D eigenvalue weighted by Gasteiger charge is 2.19. The van der Waals surface area contributed by atoms with E-state index in [2.05, 4.69) is 24.9 Å². The number of nitrogens with zero attached hydrogens (tertiary/aromatic N) is 1. The number of nitrogens with two attached hydrogens (primary N) is 1. The van der Waals surface area contributed by atoms with Gasteiger partial charge in [-0.3, -0.25) is 0 Å². The first-order chi connectivity index (χ1) is 10.2. The molecule has 0 saturated carbocycles. The summed E-state index contributed by atoms with van der Waals surface area (Å²) in [7, 11) is 0. The van der Waals surface area contributed by atoms with Crippen LogP contribution in [0.15, 0.2) is 6.07 Å². The van der Waals surface area contributed by atoms with E-state index in [4.69, 9.17) is 22.7 Å². The van der Waals surface area contributed by atoms with Gasteiger partial charge in [0.25, 0.3) is 0 Å². The number of ether oxygens (including phenoxy) is 1. The molecule has 1 aromatic heterocycles. The van der Waals surface area contributed by atoms with Crippen LogP contribution in [0.5, 0.6) is 5.88 Å². The van der Waals surface area contributed by atoms with E-state index in [1.54, 1.807) is 0 Å². The molecule has 1 aliphatic carbocycles. The molecular weight excluding hydrogens is 280 g/mol. The fourth-order valence-electron chi connectivity index (χ4n) is 2.83. The Bertz CT molecular complexity index is 502. The van der Waals surface area contributed by atoms with Gasteiger partial charge in [-0.25, -0.2) is 4.98 Å². The molecule has 0 aliphatic heterocycles. The first kappa shape index (κ1) is 16.2. The van der Waals surface area contributed by atoms with Crippen molar-refractivity contribution in [2.75, 3.05) is 6.61 Å². The molecule has 2 N–H and O–H groups in total. The lowest BCUT2D eigenvalue weighted by molar-refractivity contribution is 0.225. The second-order valence-electron chi connectivity index (χ2n) is 5.89. The Labute approximate surface area is 133 Å². The fourth-order valence-corrected chi connectivity index (χ4v) is 2.98. The van der Waals surface area contributed by atoms with Crippen molar-refractivity contribution in [2.24, 2.45) is 11.7 Å². The molecule has 21 heavy (non-hydrogen) atoms. The molecule has 2 rings (SSSR count). The van der Waals surface area contributed by atoms with Crippen LogP contribution >= 0.6 is 12.2 Å². The summed E-state index contributed by atoms with van der Waals surface area (Å²) < 4.78 is 6.00. The average Bonchev–Trinajstić information content (AvgIpc) is 2.93. The Balaban J connectivity index is 2.09. The minimum atomic E-state index is 0.383. The van der Waals surface area contributed by atoms with Crippen molar-refractivity contribution in [1.29, 1.82) is 0 Å². The zero-order valence-corrected chi connectivity index (χ0v) is 14.0. The molecule has 0 saturated heterocycles. The van der Waals surface area contributed by atoms with Crippen molar-refractivity contribution in [2.45, 2.75) is 58.8 Å². The van der Waals surface area contributed by atoms with Gasteiger partial charge in [0.15, 0.2) is 0 Å². The number of aryl methyl sites for hydroxylation is 2. The van der Waals surface area contributed by atoms with Crippen LogP contribution in [0.4, 0.5) is 0 Å². The maximum Gasteiger partial charge on any atom is 0.224 e. The van der Waals surface area contributed by atoms with Crippen molar-refractivity contribution >= 4 is 17.2 Å². The van der Waals surface area contributed by atoms with Crippen LogP contribution in [0.3, 0.4) is 0 Å². The zero-order valence-electron chi connectivity index (χ0n) is 13.2. The number of pyridine rings is 1. The quantitative estimate of drug-likeness (QED) is 0.742. The molecule has 0 fully saturated rings. The highest BCUT2D eigenvalue weighted by atomic mass is 32.1. The molecule has 3 nitrogen and oxygen atoms in total. The van der Waals surface area contributed by atoms with Crippen LogP contribution in [-0.4, -0.2) is 16.6 Å². The smallest absolute Gasteiger partial charge is 0.224 e. The Morgan fingerprint density at radius 1 is 1.43 bits per heavy atom. The molecule has 0 bridgehead atoms. The van der Waals surface area contributed by atoms with Gasteiger partial charge in [0, 0.05) is 5.69 Å². The first-order valence-corrected chi connectivity index (χ1v) is 8.51. The van der Waals surface area contributed by atoms with Gasteiger partial charge in [-0.2, -0.15) is 0 Å². The summed E-state index contributed by atoms with van der Waals surface area (Å²) >= 11 is 5.16. The molecule has 1 heterocycles. The molecule has 0 aromatic carbocycles. The summed E-state index contributed by atoms with van der Waals surface area (Å²) in [6, 6.07) is 2.08. The third-order valence-electron chi connectivity index (χ3n) is 4.28. The fraction of sp³-hybridized carbons (Fsp3) is 0.647. The third-order valence-corrected chi connectivity index (χ3v) is 4.50. The van der Waals surface area contributed by atoms with Crippen molar-refractivity contribution in [3.63, 3.8) is 0 Å². The van der Waals surface area contributed by atoms with E-state index in [1.807, 2.05) is 0 Å². The Morgan fingerprint density at radius 3 is 2.90 bits per heavy atom. The van der Waals surface area contributed by atoms with Gasteiger partial charge < -0.3 is 10.5 Å². The van der Waals surface area contributed by atoms with Gasteiger partial charge in [-0.15, -0.1) is 0 Å². The van der Waals surface area contributed by atoms with E-state index in [-0.39, 0.29) is 0 Å². The van der Waals surface area contributed by atoms with Crippen LogP contribution in [-0.2, 0) is 12.8 Å². The monoisotopic (exact) mass is 306 g/mol. The highest BCUT2D eigenvalue weighted by molar-refractivity contribution is 7.80. The zero-order chi connectivity index (χ0) is 15.2. The van der Waals surface area contributed by atoms with E-state index in [1.165, 1.54) is 24.8 Å². The van der Waals surface area contributed by atoms with E-state index in [0.29, 0.717) is 23.4 Å². The summed E-state index contributed by atoms with van der Waals surface area (Å²) in [6.07, 6.45) is 8.10. The number of aromatic nitrogens is 1. The van der Waals surface area contributed by atoms with Gasteiger partial charge in [0.2, 0.25) is 5.88 Å². The standard InChI is InChI=1S/C17H26N2OS/c1-3-5-7-12(4-2)11-20-17-14(16(18)21)10-13-8-6-9-15(13)19-17/h10,12H,3-9,11H2,1-2H3,(H2,18,21). The highest BCUT2D eigenvalue weighted by Crippen LogP contribution is 2.27. The molecular formula is C17H26N2OS. The van der Waals surface area contributed by atoms with Crippen LogP contribution in [0.25, 0.3) is 0 Å². The molecule has 1 atom stereocenters. The lowest BCUT2D eigenvalue weighted by atomic mass is 10.0. The minimum absolute atomic E-state index is 0.383. The Kier molecular flexibility index (Phi) is 5.97. The molecule has 0 radical (unpaired) electrons. The van der Waals surface area contributed by atoms with Crippen LogP contribution < -0.4 is 10.5 Å². The lowest BCUT2D eigenvalue weighted by Gasteiger charge is -2.17. The van der Waals surface area contributed by atoms with E-state index in [9.17, 15) is 0 Å². The SMILES string of the molecule is CCCCC(CC)COc1nc2c(cc1C(N)=S)CCC2. The second-order valence-corrected chi connectivity index (χ2v) is 6.33. The number of thiocarbonyl (C=S) groups is 1. The van der Waals surface area contributed by atoms with Crippen molar-refractivity contribution in [3.8, 4) is 5.88 Å². The molecule has 4 heteroatoms. The normalized spacial score (nSPS) is 14.8. The predicted molar refractivity (Wildman–Crippen MR) is 91.0 cm³/mol. The summed E-state index contributed by atoms with van der Waals surface area (Å²) in [5.41, 5.74) is 9.08. The van der Waals surface area contributed by atoms with Crippen molar-refractivity contribution < 1.29 is 4.74 Å². The summed E-state index contributed by atoms with van der Waals surface area (Å²) in [4.78, 5) is 5.05. The second kappa shape index (κ2) is 7.74. The molecule has 116 valence electrons. The van der Waals surface area contributed by atoms with Crippen LogP contribution in [0.2, 0.25) is 0 Å². The number of hydrogen-bond acceptors (Lipinski definition) is 3. The maximum absolute atomic E-state index is 6.00. The molecule has 1 aliphatic rings. The lowest BCUT2D eigenvalue weighted by Crippen LogP contribution is -2.17. The minimum Gasteiger partial charge on any atom is -0.477 e. The van der Waals surface area contributed by atoms with Gasteiger partial charge >= 0.3 is 0 Å². The Morgan fingerprint density at radius 2 is 2.24 bits per heavy atom. The van der Waals surface area contributed by atoms with Gasteiger partial charge in [-0.1, -0.05) is 45.3 Å². The summed E-state index contributed by atoms with van der Waals surface area (Å²) in [5, 5.41) is 0. The van der Waals surface area contributed by atoms with Gasteiger partial charge in [0.05, 0.1) is 12.2 Å². The molecule has 1 unspecified atom stereocenters. The summed E-state index contributed by atoms with van der Waals surface area (Å²) in [6.45, 7) is 5.15. The largest absolute Gasteiger partial charge is 0.477 e. The molecule has 0 spiro atoms. The van der Waals surface area contributed by atoms with E-state index in [0.717, 1.165) is 36.9 Å². The average molecular weight is 306 g/mol. The van der Waals surface area contributed by atoms with Gasteiger partial charge in [-0.05, 0) is 43.2 Å².